The Morgan fingerprint density at radius 3 is 2.17 bits per heavy atom. The standard InChI is InChI=1S/C33H34N2S/c1-22(2)28-15-10-16-29(23(3)4)33(28)31-21-36-32(35-31)20-30(25-12-6-5-7-13-25)34-27-18-17-24-11-8-9-14-26(24)19-27/h5-20,22-23,31,34H,21H2,1-4H3. The van der Waals surface area contributed by atoms with Crippen LogP contribution < -0.4 is 5.32 Å². The van der Waals surface area contributed by atoms with Crippen LogP contribution in [0.2, 0.25) is 0 Å². The van der Waals surface area contributed by atoms with Gasteiger partial charge in [0.2, 0.25) is 0 Å². The molecule has 5 rings (SSSR count). The molecular weight excluding hydrogens is 456 g/mol. The SMILES string of the molecule is CC(C)c1cccc(C(C)C)c1C1CSC(C=C(Nc2ccc3ccccc3c2)c2ccccc2)=N1. The fourth-order valence-corrected chi connectivity index (χ4v) is 5.94. The molecule has 0 bridgehead atoms. The first kappa shape index (κ1) is 24.4. The van der Waals surface area contributed by atoms with Crippen LogP contribution in [0.1, 0.15) is 67.8 Å². The molecule has 0 fully saturated rings. The molecule has 4 aromatic carbocycles. The average molecular weight is 491 g/mol. The van der Waals surface area contributed by atoms with Gasteiger partial charge in [0.25, 0.3) is 0 Å². The third-order valence-corrected chi connectivity index (χ3v) is 7.81. The van der Waals surface area contributed by atoms with E-state index in [-0.39, 0.29) is 6.04 Å². The summed E-state index contributed by atoms with van der Waals surface area (Å²) in [6, 6.07) is 32.5. The lowest BCUT2D eigenvalue weighted by molar-refractivity contribution is 0.743. The van der Waals surface area contributed by atoms with Gasteiger partial charge in [-0.3, -0.25) is 4.99 Å². The molecule has 0 aromatic heterocycles. The summed E-state index contributed by atoms with van der Waals surface area (Å²) in [5.41, 5.74) is 7.59. The van der Waals surface area contributed by atoms with Crippen molar-refractivity contribution in [1.29, 1.82) is 0 Å². The van der Waals surface area contributed by atoms with Gasteiger partial charge in [0.15, 0.2) is 0 Å². The quantitative estimate of drug-likeness (QED) is 0.279. The van der Waals surface area contributed by atoms with Crippen molar-refractivity contribution in [2.24, 2.45) is 4.99 Å². The Morgan fingerprint density at radius 2 is 1.47 bits per heavy atom. The minimum absolute atomic E-state index is 0.190. The fraction of sp³-hybridized carbons (Fsp3) is 0.242. The summed E-state index contributed by atoms with van der Waals surface area (Å²) in [4.78, 5) is 5.26. The highest BCUT2D eigenvalue weighted by molar-refractivity contribution is 8.14. The van der Waals surface area contributed by atoms with Crippen molar-refractivity contribution in [2.75, 3.05) is 11.1 Å². The summed E-state index contributed by atoms with van der Waals surface area (Å²) in [6.07, 6.45) is 2.22. The van der Waals surface area contributed by atoms with Gasteiger partial charge >= 0.3 is 0 Å². The van der Waals surface area contributed by atoms with Crippen LogP contribution in [0, 0.1) is 0 Å². The summed E-state index contributed by atoms with van der Waals surface area (Å²) >= 11 is 1.86. The van der Waals surface area contributed by atoms with Gasteiger partial charge in [0, 0.05) is 17.1 Å². The van der Waals surface area contributed by atoms with Crippen molar-refractivity contribution in [1.82, 2.24) is 0 Å². The third-order valence-electron chi connectivity index (χ3n) is 6.80. The first-order valence-corrected chi connectivity index (χ1v) is 13.8. The molecule has 1 N–H and O–H groups in total. The topological polar surface area (TPSA) is 24.4 Å². The summed E-state index contributed by atoms with van der Waals surface area (Å²) in [6.45, 7) is 9.15. The minimum atomic E-state index is 0.190. The van der Waals surface area contributed by atoms with E-state index in [1.807, 2.05) is 11.8 Å². The predicted molar refractivity (Wildman–Crippen MR) is 159 cm³/mol. The molecule has 0 saturated carbocycles. The Balaban J connectivity index is 1.52. The molecule has 1 aliphatic heterocycles. The molecule has 1 aliphatic rings. The molecule has 0 radical (unpaired) electrons. The van der Waals surface area contributed by atoms with Crippen LogP contribution in [-0.4, -0.2) is 10.8 Å². The minimum Gasteiger partial charge on any atom is -0.355 e. The summed E-state index contributed by atoms with van der Waals surface area (Å²) in [5, 5.41) is 7.26. The number of thioether (sulfide) groups is 1. The second kappa shape index (κ2) is 10.8. The van der Waals surface area contributed by atoms with Crippen LogP contribution >= 0.6 is 11.8 Å². The second-order valence-corrected chi connectivity index (χ2v) is 11.1. The number of benzene rings is 4. The molecular formula is C33H34N2S. The Kier molecular flexibility index (Phi) is 7.29. The van der Waals surface area contributed by atoms with Crippen LogP contribution in [0.25, 0.3) is 16.5 Å². The van der Waals surface area contributed by atoms with Gasteiger partial charge in [-0.1, -0.05) is 107 Å². The molecule has 4 aromatic rings. The molecule has 1 atom stereocenters. The number of nitrogens with zero attached hydrogens (tertiary/aromatic N) is 1. The molecule has 182 valence electrons. The van der Waals surface area contributed by atoms with Crippen LogP contribution in [-0.2, 0) is 0 Å². The molecule has 0 amide bonds. The van der Waals surface area contributed by atoms with Gasteiger partial charge in [0.1, 0.15) is 0 Å². The second-order valence-electron chi connectivity index (χ2n) is 10.1. The zero-order valence-corrected chi connectivity index (χ0v) is 22.3. The molecule has 0 aliphatic carbocycles. The van der Waals surface area contributed by atoms with E-state index in [2.05, 4.69) is 130 Å². The maximum atomic E-state index is 5.26. The molecule has 1 unspecified atom stereocenters. The van der Waals surface area contributed by atoms with Crippen LogP contribution in [0.15, 0.2) is 102 Å². The van der Waals surface area contributed by atoms with Crippen LogP contribution in [0.5, 0.6) is 0 Å². The molecule has 1 heterocycles. The van der Waals surface area contributed by atoms with Crippen molar-refractivity contribution < 1.29 is 0 Å². The van der Waals surface area contributed by atoms with E-state index in [0.717, 1.165) is 27.7 Å². The number of nitrogens with one attached hydrogen (secondary N) is 1. The number of anilines is 1. The van der Waals surface area contributed by atoms with Crippen molar-refractivity contribution >= 4 is 39.0 Å². The number of rotatable bonds is 7. The fourth-order valence-electron chi connectivity index (χ4n) is 4.97. The monoisotopic (exact) mass is 490 g/mol. The predicted octanol–water partition coefficient (Wildman–Crippen LogP) is 9.43. The lowest BCUT2D eigenvalue weighted by atomic mass is 9.85. The molecule has 3 heteroatoms. The van der Waals surface area contributed by atoms with E-state index in [0.29, 0.717) is 11.8 Å². The van der Waals surface area contributed by atoms with E-state index in [9.17, 15) is 0 Å². The first-order chi connectivity index (χ1) is 17.5. The maximum Gasteiger partial charge on any atom is 0.0934 e. The zero-order valence-electron chi connectivity index (χ0n) is 21.5. The van der Waals surface area contributed by atoms with Crippen LogP contribution in [0.4, 0.5) is 5.69 Å². The zero-order chi connectivity index (χ0) is 25.1. The highest BCUT2D eigenvalue weighted by atomic mass is 32.2. The largest absolute Gasteiger partial charge is 0.355 e. The van der Waals surface area contributed by atoms with Gasteiger partial charge in [-0.15, -0.1) is 11.8 Å². The van der Waals surface area contributed by atoms with Gasteiger partial charge in [0.05, 0.1) is 11.1 Å². The van der Waals surface area contributed by atoms with Crippen molar-refractivity contribution in [3.63, 3.8) is 0 Å². The van der Waals surface area contributed by atoms with Gasteiger partial charge < -0.3 is 5.32 Å². The third kappa shape index (κ3) is 5.27. The highest BCUT2D eigenvalue weighted by Crippen LogP contribution is 2.40. The molecule has 0 spiro atoms. The Hall–Kier alpha value is -3.30. The van der Waals surface area contributed by atoms with E-state index in [4.69, 9.17) is 4.99 Å². The highest BCUT2D eigenvalue weighted by Gasteiger charge is 2.26. The van der Waals surface area contributed by atoms with Crippen LogP contribution in [0.3, 0.4) is 0 Å². The maximum absolute atomic E-state index is 5.26. The number of hydrogen-bond acceptors (Lipinski definition) is 3. The van der Waals surface area contributed by atoms with Gasteiger partial charge in [-0.25, -0.2) is 0 Å². The number of aliphatic imine (C=N–C) groups is 1. The summed E-state index contributed by atoms with van der Waals surface area (Å²) in [5.74, 6) is 1.94. The average Bonchev–Trinajstić information content (AvgIpc) is 3.36. The lowest BCUT2D eigenvalue weighted by Gasteiger charge is -2.22. The number of hydrogen-bond donors (Lipinski definition) is 1. The number of fused-ring (bicyclic) bond motifs is 1. The molecule has 2 nitrogen and oxygen atoms in total. The van der Waals surface area contributed by atoms with E-state index < -0.39 is 0 Å². The Labute approximate surface area is 219 Å². The summed E-state index contributed by atoms with van der Waals surface area (Å²) in [7, 11) is 0. The smallest absolute Gasteiger partial charge is 0.0934 e. The van der Waals surface area contributed by atoms with E-state index in [1.54, 1.807) is 0 Å². The molecule has 36 heavy (non-hydrogen) atoms. The van der Waals surface area contributed by atoms with E-state index >= 15 is 0 Å². The van der Waals surface area contributed by atoms with Crippen molar-refractivity contribution in [2.45, 2.75) is 45.6 Å². The normalized spacial score (nSPS) is 16.1. The van der Waals surface area contributed by atoms with Gasteiger partial charge in [-0.05, 0) is 63.1 Å². The van der Waals surface area contributed by atoms with Gasteiger partial charge in [-0.2, -0.15) is 0 Å². The molecule has 0 saturated heterocycles. The first-order valence-electron chi connectivity index (χ1n) is 12.9. The summed E-state index contributed by atoms with van der Waals surface area (Å²) < 4.78 is 0. The van der Waals surface area contributed by atoms with E-state index in [1.165, 1.54) is 27.5 Å². The van der Waals surface area contributed by atoms with Crippen molar-refractivity contribution in [3.8, 4) is 0 Å². The lowest BCUT2D eigenvalue weighted by Crippen LogP contribution is -2.08. The Bertz CT molecular complexity index is 1390. The van der Waals surface area contributed by atoms with Crippen molar-refractivity contribution in [3.05, 3.63) is 119 Å². The Morgan fingerprint density at radius 1 is 0.806 bits per heavy atom.